The predicted molar refractivity (Wildman–Crippen MR) is 50.5 cm³/mol. The van der Waals surface area contributed by atoms with Gasteiger partial charge in [0, 0.05) is 0 Å². The maximum atomic E-state index is 2.35. The first-order valence-corrected chi connectivity index (χ1v) is 4.73. The Bertz CT molecular complexity index is 163. The second-order valence-corrected chi connectivity index (χ2v) is 3.27. The smallest absolute Gasteiger partial charge is 0.0230 e. The van der Waals surface area contributed by atoms with Gasteiger partial charge in [0.15, 0.2) is 0 Å². The third-order valence-corrected chi connectivity index (χ3v) is 2.53. The fraction of sp³-hybridized carbons (Fsp3) is 0.636. The Balaban J connectivity index is 2.48. The van der Waals surface area contributed by atoms with Crippen molar-refractivity contribution in [2.24, 2.45) is 5.92 Å². The molecule has 1 aliphatic rings. The minimum atomic E-state index is 0.829. The summed E-state index contributed by atoms with van der Waals surface area (Å²) in [5, 5.41) is 0. The maximum absolute atomic E-state index is 2.35. The lowest BCUT2D eigenvalue weighted by molar-refractivity contribution is 0.571. The van der Waals surface area contributed by atoms with Crippen LogP contribution < -0.4 is 0 Å². The van der Waals surface area contributed by atoms with Crippen molar-refractivity contribution in [2.45, 2.75) is 39.5 Å². The molecule has 62 valence electrons. The highest BCUT2D eigenvalue weighted by Gasteiger charge is 2.05. The highest BCUT2D eigenvalue weighted by Crippen LogP contribution is 2.21. The summed E-state index contributed by atoms with van der Waals surface area (Å²) in [5.74, 6) is 0.829. The molecule has 0 aromatic rings. The Morgan fingerprint density at radius 1 is 1.45 bits per heavy atom. The van der Waals surface area contributed by atoms with E-state index in [-0.39, 0.29) is 0 Å². The van der Waals surface area contributed by atoms with E-state index in [1.54, 1.807) is 5.57 Å². The second-order valence-electron chi connectivity index (χ2n) is 3.27. The molecule has 0 nitrogen and oxygen atoms in total. The molecular formula is C11H18. The van der Waals surface area contributed by atoms with Crippen molar-refractivity contribution in [2.75, 3.05) is 0 Å². The topological polar surface area (TPSA) is 0 Å². The molecule has 1 rings (SSSR count). The maximum Gasteiger partial charge on any atom is -0.0230 e. The predicted octanol–water partition coefficient (Wildman–Crippen LogP) is 3.70. The molecule has 0 aliphatic heterocycles. The molecule has 0 saturated carbocycles. The van der Waals surface area contributed by atoms with Crippen molar-refractivity contribution in [3.8, 4) is 0 Å². The molecular weight excluding hydrogens is 132 g/mol. The fourth-order valence-electron chi connectivity index (χ4n) is 1.53. The first kappa shape index (κ1) is 8.58. The van der Waals surface area contributed by atoms with Gasteiger partial charge in [0.2, 0.25) is 0 Å². The van der Waals surface area contributed by atoms with Crippen molar-refractivity contribution >= 4 is 0 Å². The summed E-state index contributed by atoms with van der Waals surface area (Å²) in [5.41, 5.74) is 1.61. The van der Waals surface area contributed by atoms with E-state index in [0.29, 0.717) is 0 Å². The molecule has 0 aromatic heterocycles. The van der Waals surface area contributed by atoms with Gasteiger partial charge in [-0.3, -0.25) is 0 Å². The highest BCUT2D eigenvalue weighted by molar-refractivity contribution is 5.15. The van der Waals surface area contributed by atoms with Gasteiger partial charge < -0.3 is 0 Å². The van der Waals surface area contributed by atoms with Crippen LogP contribution in [0, 0.1) is 5.92 Å². The minimum absolute atomic E-state index is 0.829. The monoisotopic (exact) mass is 150 g/mol. The van der Waals surface area contributed by atoms with Crippen LogP contribution in [-0.2, 0) is 0 Å². The lowest BCUT2D eigenvalue weighted by Gasteiger charge is -2.07. The minimum Gasteiger partial charge on any atom is -0.0814 e. The van der Waals surface area contributed by atoms with Crippen LogP contribution in [0.5, 0.6) is 0 Å². The first-order chi connectivity index (χ1) is 5.36. The van der Waals surface area contributed by atoms with Crippen LogP contribution in [0.3, 0.4) is 0 Å². The van der Waals surface area contributed by atoms with Gasteiger partial charge in [0.25, 0.3) is 0 Å². The standard InChI is InChI=1S/C11H18/c1-3-10-6-5-7-11(4-2)9-8-10/h5-7,10H,3-4,8-9H2,1-2H3. The number of allylic oxidation sites excluding steroid dienone is 4. The molecule has 0 N–H and O–H groups in total. The molecule has 0 amide bonds. The molecule has 0 heteroatoms. The summed E-state index contributed by atoms with van der Waals surface area (Å²) in [6.45, 7) is 4.51. The lowest BCUT2D eigenvalue weighted by atomic mass is 9.99. The summed E-state index contributed by atoms with van der Waals surface area (Å²) < 4.78 is 0. The first-order valence-electron chi connectivity index (χ1n) is 4.73. The average Bonchev–Trinajstić information content (AvgIpc) is 2.28. The van der Waals surface area contributed by atoms with E-state index >= 15 is 0 Å². The second kappa shape index (κ2) is 4.38. The molecule has 1 aliphatic carbocycles. The van der Waals surface area contributed by atoms with Gasteiger partial charge in [-0.2, -0.15) is 0 Å². The number of hydrogen-bond acceptors (Lipinski definition) is 0. The molecule has 0 heterocycles. The van der Waals surface area contributed by atoms with E-state index in [1.807, 2.05) is 0 Å². The van der Waals surface area contributed by atoms with E-state index in [9.17, 15) is 0 Å². The van der Waals surface area contributed by atoms with E-state index in [2.05, 4.69) is 32.1 Å². The normalized spacial score (nSPS) is 24.5. The molecule has 0 aromatic carbocycles. The van der Waals surface area contributed by atoms with Gasteiger partial charge >= 0.3 is 0 Å². The number of hydrogen-bond donors (Lipinski definition) is 0. The third kappa shape index (κ3) is 2.53. The summed E-state index contributed by atoms with van der Waals surface area (Å²) >= 11 is 0. The summed E-state index contributed by atoms with van der Waals surface area (Å²) in [6.07, 6.45) is 12.1. The van der Waals surface area contributed by atoms with Gasteiger partial charge in [-0.1, -0.05) is 37.6 Å². The Hall–Kier alpha value is -0.520. The van der Waals surface area contributed by atoms with Gasteiger partial charge in [-0.15, -0.1) is 0 Å². The lowest BCUT2D eigenvalue weighted by Crippen LogP contribution is -1.92. The quantitative estimate of drug-likeness (QED) is 0.563. The molecule has 1 unspecified atom stereocenters. The Morgan fingerprint density at radius 3 is 2.91 bits per heavy atom. The van der Waals surface area contributed by atoms with Gasteiger partial charge in [-0.25, -0.2) is 0 Å². The summed E-state index contributed by atoms with van der Waals surface area (Å²) in [4.78, 5) is 0. The zero-order chi connectivity index (χ0) is 8.10. The van der Waals surface area contributed by atoms with Crippen LogP contribution in [0.25, 0.3) is 0 Å². The van der Waals surface area contributed by atoms with Crippen molar-refractivity contribution in [3.05, 3.63) is 23.8 Å². The van der Waals surface area contributed by atoms with Crippen molar-refractivity contribution in [3.63, 3.8) is 0 Å². The van der Waals surface area contributed by atoms with Crippen LogP contribution in [0.2, 0.25) is 0 Å². The highest BCUT2D eigenvalue weighted by atomic mass is 14.1. The molecule has 0 fully saturated rings. The van der Waals surface area contributed by atoms with E-state index < -0.39 is 0 Å². The average molecular weight is 150 g/mol. The zero-order valence-electron chi connectivity index (χ0n) is 7.64. The van der Waals surface area contributed by atoms with Gasteiger partial charge in [0.1, 0.15) is 0 Å². The van der Waals surface area contributed by atoms with Crippen LogP contribution in [-0.4, -0.2) is 0 Å². The Morgan fingerprint density at radius 2 is 2.27 bits per heavy atom. The summed E-state index contributed by atoms with van der Waals surface area (Å²) in [6, 6.07) is 0. The summed E-state index contributed by atoms with van der Waals surface area (Å²) in [7, 11) is 0. The molecule has 0 spiro atoms. The zero-order valence-corrected chi connectivity index (χ0v) is 7.64. The van der Waals surface area contributed by atoms with Gasteiger partial charge in [-0.05, 0) is 31.6 Å². The number of rotatable bonds is 2. The fourth-order valence-corrected chi connectivity index (χ4v) is 1.53. The Kier molecular flexibility index (Phi) is 3.41. The van der Waals surface area contributed by atoms with Crippen LogP contribution in [0.15, 0.2) is 23.8 Å². The molecule has 0 bridgehead atoms. The SMILES string of the molecule is CCC1=CC=CC(CC)CC1. The van der Waals surface area contributed by atoms with Crippen molar-refractivity contribution in [1.29, 1.82) is 0 Å². The van der Waals surface area contributed by atoms with Crippen LogP contribution >= 0.6 is 0 Å². The van der Waals surface area contributed by atoms with Crippen LogP contribution in [0.4, 0.5) is 0 Å². The van der Waals surface area contributed by atoms with Crippen molar-refractivity contribution < 1.29 is 0 Å². The van der Waals surface area contributed by atoms with Crippen LogP contribution in [0.1, 0.15) is 39.5 Å². The third-order valence-electron chi connectivity index (χ3n) is 2.53. The van der Waals surface area contributed by atoms with E-state index in [1.165, 1.54) is 25.7 Å². The van der Waals surface area contributed by atoms with E-state index in [4.69, 9.17) is 0 Å². The molecule has 1 atom stereocenters. The van der Waals surface area contributed by atoms with E-state index in [0.717, 1.165) is 5.92 Å². The van der Waals surface area contributed by atoms with Gasteiger partial charge in [0.05, 0.1) is 0 Å². The molecule has 0 saturated heterocycles. The largest absolute Gasteiger partial charge is 0.0814 e. The Labute approximate surface area is 70.0 Å². The molecule has 0 radical (unpaired) electrons. The van der Waals surface area contributed by atoms with Crippen molar-refractivity contribution in [1.82, 2.24) is 0 Å². The molecule has 11 heavy (non-hydrogen) atoms.